The van der Waals surface area contributed by atoms with Gasteiger partial charge in [-0.1, -0.05) is 40.0 Å². The summed E-state index contributed by atoms with van der Waals surface area (Å²) in [5, 5.41) is 4.00. The fraction of sp³-hybridized carbons (Fsp3) is 1.00. The van der Waals surface area contributed by atoms with Crippen molar-refractivity contribution in [2.75, 3.05) is 6.54 Å². The Labute approximate surface area is 132 Å². The van der Waals surface area contributed by atoms with Crippen molar-refractivity contribution in [2.45, 2.75) is 97.4 Å². The Kier molecular flexibility index (Phi) is 4.69. The van der Waals surface area contributed by atoms with Gasteiger partial charge in [0.25, 0.3) is 0 Å². The van der Waals surface area contributed by atoms with Crippen LogP contribution in [-0.2, 0) is 0 Å². The molecule has 0 aromatic rings. The van der Waals surface area contributed by atoms with E-state index in [1.165, 1.54) is 45.1 Å². The lowest BCUT2D eigenvalue weighted by molar-refractivity contribution is -0.119. The number of rotatable bonds is 8. The lowest BCUT2D eigenvalue weighted by atomic mass is 9.43. The molecule has 4 rings (SSSR count). The van der Waals surface area contributed by atoms with Crippen molar-refractivity contribution in [1.82, 2.24) is 5.32 Å². The number of nitrogens with one attached hydrogen (secondary N) is 1. The quantitative estimate of drug-likeness (QED) is 0.579. The second-order valence-electron chi connectivity index (χ2n) is 9.14. The molecule has 3 unspecified atom stereocenters. The zero-order valence-electron chi connectivity index (χ0n) is 14.7. The van der Waals surface area contributed by atoms with Crippen LogP contribution >= 0.6 is 0 Å². The summed E-state index contributed by atoms with van der Waals surface area (Å²) in [7, 11) is 0. The molecule has 0 aromatic carbocycles. The van der Waals surface area contributed by atoms with E-state index in [-0.39, 0.29) is 0 Å². The zero-order chi connectivity index (χ0) is 14.9. The molecule has 0 radical (unpaired) electrons. The highest BCUT2D eigenvalue weighted by Crippen LogP contribution is 2.66. The normalized spacial score (nSPS) is 42.4. The molecule has 21 heavy (non-hydrogen) atoms. The largest absolute Gasteiger partial charge is 0.313 e. The lowest BCUT2D eigenvalue weighted by Gasteiger charge is -2.63. The Morgan fingerprint density at radius 3 is 2.29 bits per heavy atom. The first-order valence-electron chi connectivity index (χ1n) is 9.82. The van der Waals surface area contributed by atoms with Gasteiger partial charge in [-0.25, -0.2) is 0 Å². The highest BCUT2D eigenvalue weighted by molar-refractivity contribution is 5.09. The molecule has 0 aromatic heterocycles. The highest BCUT2D eigenvalue weighted by atomic mass is 14.9. The van der Waals surface area contributed by atoms with Gasteiger partial charge < -0.3 is 5.32 Å². The summed E-state index contributed by atoms with van der Waals surface area (Å²) in [6.45, 7) is 8.49. The molecule has 0 amide bonds. The van der Waals surface area contributed by atoms with Gasteiger partial charge in [0.2, 0.25) is 0 Å². The molecule has 4 fully saturated rings. The van der Waals surface area contributed by atoms with E-state index in [4.69, 9.17) is 0 Å². The maximum Gasteiger partial charge on any atom is 0.0124 e. The molecule has 4 saturated carbocycles. The molecule has 0 aliphatic heterocycles. The molecule has 0 spiro atoms. The van der Waals surface area contributed by atoms with Crippen LogP contribution in [0.15, 0.2) is 0 Å². The van der Waals surface area contributed by atoms with Crippen molar-refractivity contribution in [3.63, 3.8) is 0 Å². The molecule has 122 valence electrons. The molecule has 3 atom stereocenters. The van der Waals surface area contributed by atoms with Gasteiger partial charge in [0.1, 0.15) is 0 Å². The monoisotopic (exact) mass is 291 g/mol. The first kappa shape index (κ1) is 15.8. The van der Waals surface area contributed by atoms with Crippen LogP contribution in [0.5, 0.6) is 0 Å². The van der Waals surface area contributed by atoms with Crippen LogP contribution < -0.4 is 5.32 Å². The summed E-state index contributed by atoms with van der Waals surface area (Å²) in [6, 6.07) is 0.814. The molecular formula is C20H37N. The average molecular weight is 292 g/mol. The van der Waals surface area contributed by atoms with Crippen molar-refractivity contribution in [3.8, 4) is 0 Å². The predicted octanol–water partition coefficient (Wildman–Crippen LogP) is 5.54. The van der Waals surface area contributed by atoms with Crippen LogP contribution in [0.3, 0.4) is 0 Å². The standard InChI is InChI=1S/C20H37N/c1-4-6-7-8-18(21-9-5-2)20-13-16-10-17(14-20)12-19(3,11-16)15-20/h16-18,21H,4-15H2,1-3H3. The smallest absolute Gasteiger partial charge is 0.0124 e. The fourth-order valence-electron chi connectivity index (χ4n) is 6.75. The minimum atomic E-state index is 0.668. The van der Waals surface area contributed by atoms with E-state index >= 15 is 0 Å². The Balaban J connectivity index is 1.73. The van der Waals surface area contributed by atoms with Crippen LogP contribution in [0.1, 0.15) is 91.4 Å². The maximum atomic E-state index is 4.00. The third-order valence-corrected chi connectivity index (χ3v) is 6.88. The minimum Gasteiger partial charge on any atom is -0.313 e. The van der Waals surface area contributed by atoms with Gasteiger partial charge in [0, 0.05) is 6.04 Å². The lowest BCUT2D eigenvalue weighted by Crippen LogP contribution is -2.58. The second-order valence-corrected chi connectivity index (χ2v) is 9.14. The van der Waals surface area contributed by atoms with Gasteiger partial charge in [-0.2, -0.15) is 0 Å². The first-order chi connectivity index (χ1) is 10.1. The van der Waals surface area contributed by atoms with Crippen molar-refractivity contribution >= 4 is 0 Å². The summed E-state index contributed by atoms with van der Waals surface area (Å²) in [5.41, 5.74) is 1.36. The summed E-state index contributed by atoms with van der Waals surface area (Å²) < 4.78 is 0. The molecule has 4 aliphatic carbocycles. The summed E-state index contributed by atoms with van der Waals surface area (Å²) in [4.78, 5) is 0. The topological polar surface area (TPSA) is 12.0 Å². The Morgan fingerprint density at radius 2 is 1.71 bits per heavy atom. The van der Waals surface area contributed by atoms with Crippen LogP contribution in [0.2, 0.25) is 0 Å². The van der Waals surface area contributed by atoms with Crippen molar-refractivity contribution in [1.29, 1.82) is 0 Å². The van der Waals surface area contributed by atoms with E-state index in [1.54, 1.807) is 32.1 Å². The van der Waals surface area contributed by atoms with Gasteiger partial charge in [-0.3, -0.25) is 0 Å². The van der Waals surface area contributed by atoms with Crippen LogP contribution in [0, 0.1) is 22.7 Å². The van der Waals surface area contributed by atoms with E-state index in [9.17, 15) is 0 Å². The fourth-order valence-corrected chi connectivity index (χ4v) is 6.75. The third-order valence-electron chi connectivity index (χ3n) is 6.88. The van der Waals surface area contributed by atoms with Crippen molar-refractivity contribution in [2.24, 2.45) is 22.7 Å². The van der Waals surface area contributed by atoms with Crippen LogP contribution in [-0.4, -0.2) is 12.6 Å². The van der Waals surface area contributed by atoms with E-state index in [0.717, 1.165) is 17.9 Å². The summed E-state index contributed by atoms with van der Waals surface area (Å²) in [6.07, 6.45) is 16.2. The summed E-state index contributed by atoms with van der Waals surface area (Å²) in [5.74, 6) is 2.13. The van der Waals surface area contributed by atoms with E-state index in [1.807, 2.05) is 0 Å². The molecule has 4 aliphatic rings. The zero-order valence-corrected chi connectivity index (χ0v) is 14.7. The van der Waals surface area contributed by atoms with Crippen molar-refractivity contribution < 1.29 is 0 Å². The molecule has 0 heterocycles. The van der Waals surface area contributed by atoms with E-state index in [0.29, 0.717) is 10.8 Å². The molecule has 1 heteroatoms. The molecular weight excluding hydrogens is 254 g/mol. The maximum absolute atomic E-state index is 4.00. The Morgan fingerprint density at radius 1 is 1.00 bits per heavy atom. The van der Waals surface area contributed by atoms with Gasteiger partial charge >= 0.3 is 0 Å². The molecule has 0 saturated heterocycles. The highest BCUT2D eigenvalue weighted by Gasteiger charge is 2.57. The van der Waals surface area contributed by atoms with Crippen LogP contribution in [0.4, 0.5) is 0 Å². The van der Waals surface area contributed by atoms with Gasteiger partial charge in [-0.05, 0) is 80.6 Å². The Bertz CT molecular complexity index is 334. The third kappa shape index (κ3) is 3.19. The molecule has 4 bridgehead atoms. The van der Waals surface area contributed by atoms with Gasteiger partial charge in [-0.15, -0.1) is 0 Å². The second kappa shape index (κ2) is 6.22. The number of unbranched alkanes of at least 4 members (excludes halogenated alkanes) is 2. The number of hydrogen-bond donors (Lipinski definition) is 1. The first-order valence-corrected chi connectivity index (χ1v) is 9.82. The average Bonchev–Trinajstić information content (AvgIpc) is 2.39. The molecule has 1 nitrogen and oxygen atoms in total. The predicted molar refractivity (Wildman–Crippen MR) is 91.4 cm³/mol. The van der Waals surface area contributed by atoms with E-state index in [2.05, 4.69) is 26.1 Å². The molecule has 1 N–H and O–H groups in total. The van der Waals surface area contributed by atoms with Crippen LogP contribution in [0.25, 0.3) is 0 Å². The Hall–Kier alpha value is -0.0400. The van der Waals surface area contributed by atoms with Crippen molar-refractivity contribution in [3.05, 3.63) is 0 Å². The number of hydrogen-bond acceptors (Lipinski definition) is 1. The van der Waals surface area contributed by atoms with Gasteiger partial charge in [0.15, 0.2) is 0 Å². The van der Waals surface area contributed by atoms with E-state index < -0.39 is 0 Å². The summed E-state index contributed by atoms with van der Waals surface area (Å²) >= 11 is 0. The minimum absolute atomic E-state index is 0.668. The van der Waals surface area contributed by atoms with Gasteiger partial charge in [0.05, 0.1) is 0 Å². The SMILES string of the molecule is CCCCCC(NCCC)C12CC3CC(CC(C)(C3)C1)C2.